The monoisotopic (exact) mass is 454 g/mol. The van der Waals surface area contributed by atoms with E-state index in [1.165, 1.54) is 16.7 Å². The van der Waals surface area contributed by atoms with Crippen LogP contribution >= 0.6 is 0 Å². The zero-order valence-corrected chi connectivity index (χ0v) is 19.6. The van der Waals surface area contributed by atoms with E-state index in [2.05, 4.69) is 46.3 Å². The van der Waals surface area contributed by atoms with Crippen molar-refractivity contribution in [1.82, 2.24) is 9.88 Å². The lowest BCUT2D eigenvalue weighted by atomic mass is 9.84. The van der Waals surface area contributed by atoms with Crippen LogP contribution in [-0.2, 0) is 23.4 Å². The Morgan fingerprint density at radius 2 is 1.94 bits per heavy atom. The summed E-state index contributed by atoms with van der Waals surface area (Å²) >= 11 is 0. The number of benzene rings is 2. The molecular formula is C29H30N2O3. The van der Waals surface area contributed by atoms with E-state index < -0.39 is 0 Å². The zero-order chi connectivity index (χ0) is 23.0. The van der Waals surface area contributed by atoms with E-state index in [4.69, 9.17) is 14.2 Å². The molecule has 0 radical (unpaired) electrons. The third-order valence-corrected chi connectivity index (χ3v) is 7.51. The summed E-state index contributed by atoms with van der Waals surface area (Å²) in [6.45, 7) is 3.92. The highest BCUT2D eigenvalue weighted by Gasteiger charge is 2.42. The molecule has 174 valence electrons. The van der Waals surface area contributed by atoms with Gasteiger partial charge in [-0.1, -0.05) is 36.4 Å². The third kappa shape index (κ3) is 3.79. The van der Waals surface area contributed by atoms with Crippen molar-refractivity contribution in [2.45, 2.75) is 37.9 Å². The van der Waals surface area contributed by atoms with E-state index >= 15 is 0 Å². The summed E-state index contributed by atoms with van der Waals surface area (Å²) in [5.41, 5.74) is 6.08. The molecule has 4 heterocycles. The van der Waals surface area contributed by atoms with E-state index in [1.807, 2.05) is 24.3 Å². The first-order valence-electron chi connectivity index (χ1n) is 12.2. The SMILES string of the molecule is COc1cccc2c1C/C(=C/CCN1CCC3(CC1)OCc1ccccc13)c1cccnc1O2. The highest BCUT2D eigenvalue weighted by molar-refractivity contribution is 5.74. The van der Waals surface area contributed by atoms with Gasteiger partial charge in [0.2, 0.25) is 5.88 Å². The van der Waals surface area contributed by atoms with Crippen molar-refractivity contribution in [1.29, 1.82) is 0 Å². The Balaban J connectivity index is 1.17. The number of pyridine rings is 1. The molecule has 2 aromatic carbocycles. The predicted octanol–water partition coefficient (Wildman–Crippen LogP) is 5.73. The Morgan fingerprint density at radius 1 is 1.06 bits per heavy atom. The topological polar surface area (TPSA) is 43.8 Å². The van der Waals surface area contributed by atoms with Gasteiger partial charge < -0.3 is 19.1 Å². The Labute approximate surface area is 201 Å². The van der Waals surface area contributed by atoms with Gasteiger partial charge in [0.25, 0.3) is 0 Å². The minimum atomic E-state index is -0.0743. The molecule has 5 nitrogen and oxygen atoms in total. The lowest BCUT2D eigenvalue weighted by Gasteiger charge is -2.39. The van der Waals surface area contributed by atoms with Crippen LogP contribution in [0.4, 0.5) is 0 Å². The molecule has 0 N–H and O–H groups in total. The first-order valence-corrected chi connectivity index (χ1v) is 12.2. The average Bonchev–Trinajstić information content (AvgIpc) is 3.14. The maximum atomic E-state index is 6.34. The number of nitrogens with zero attached hydrogens (tertiary/aromatic N) is 2. The molecule has 1 spiro atoms. The lowest BCUT2D eigenvalue weighted by molar-refractivity contribution is -0.0785. The summed E-state index contributed by atoms with van der Waals surface area (Å²) in [5.74, 6) is 2.34. The largest absolute Gasteiger partial charge is 0.496 e. The van der Waals surface area contributed by atoms with E-state index in [1.54, 1.807) is 13.3 Å². The van der Waals surface area contributed by atoms with Crippen molar-refractivity contribution in [3.63, 3.8) is 0 Å². The Kier molecular flexibility index (Phi) is 5.60. The van der Waals surface area contributed by atoms with Crippen molar-refractivity contribution in [3.8, 4) is 17.4 Å². The van der Waals surface area contributed by atoms with Crippen molar-refractivity contribution in [2.75, 3.05) is 26.7 Å². The molecular weight excluding hydrogens is 424 g/mol. The van der Waals surface area contributed by atoms with E-state index in [-0.39, 0.29) is 5.60 Å². The standard InChI is InChI=1S/C29H30N2O3/c1-32-26-11-4-12-27-24(26)19-21(23-9-5-15-30-28(23)34-27)8-6-16-31-17-13-29(14-18-31)25-10-3-2-7-22(25)20-33-29/h2-5,7-12,15H,6,13-14,16-20H2,1H3/b21-8-. The van der Waals surface area contributed by atoms with Gasteiger partial charge in [0, 0.05) is 43.4 Å². The van der Waals surface area contributed by atoms with Gasteiger partial charge in [0.15, 0.2) is 0 Å². The second kappa shape index (κ2) is 8.90. The van der Waals surface area contributed by atoms with Crippen LogP contribution in [-0.4, -0.2) is 36.6 Å². The van der Waals surface area contributed by atoms with Gasteiger partial charge in [0.1, 0.15) is 11.5 Å². The van der Waals surface area contributed by atoms with Gasteiger partial charge in [-0.15, -0.1) is 0 Å². The molecule has 3 aromatic rings. The Hall–Kier alpha value is -3.15. The molecule has 3 aliphatic heterocycles. The molecule has 0 saturated carbocycles. The molecule has 1 aromatic heterocycles. The number of piperidine rings is 1. The summed E-state index contributed by atoms with van der Waals surface area (Å²) in [6.07, 6.45) is 8.02. The summed E-state index contributed by atoms with van der Waals surface area (Å²) < 4.78 is 18.2. The molecule has 1 fully saturated rings. The summed E-state index contributed by atoms with van der Waals surface area (Å²) in [5, 5.41) is 0. The number of rotatable bonds is 4. The number of fused-ring (bicyclic) bond motifs is 4. The minimum Gasteiger partial charge on any atom is -0.496 e. The van der Waals surface area contributed by atoms with Crippen LogP contribution in [0.2, 0.25) is 0 Å². The summed E-state index contributed by atoms with van der Waals surface area (Å²) in [7, 11) is 1.71. The van der Waals surface area contributed by atoms with Gasteiger partial charge in [-0.3, -0.25) is 0 Å². The van der Waals surface area contributed by atoms with Crippen LogP contribution in [0.1, 0.15) is 41.5 Å². The van der Waals surface area contributed by atoms with Crippen LogP contribution in [0.25, 0.3) is 5.57 Å². The predicted molar refractivity (Wildman–Crippen MR) is 132 cm³/mol. The fraction of sp³-hybridized carbons (Fsp3) is 0.345. The van der Waals surface area contributed by atoms with Crippen LogP contribution in [0.5, 0.6) is 17.4 Å². The fourth-order valence-corrected chi connectivity index (χ4v) is 5.65. The fourth-order valence-electron chi connectivity index (χ4n) is 5.65. The van der Waals surface area contributed by atoms with Gasteiger partial charge in [-0.25, -0.2) is 4.98 Å². The van der Waals surface area contributed by atoms with Crippen molar-refractivity contribution < 1.29 is 14.2 Å². The second-order valence-electron chi connectivity index (χ2n) is 9.37. The Morgan fingerprint density at radius 3 is 2.82 bits per heavy atom. The van der Waals surface area contributed by atoms with E-state index in [9.17, 15) is 0 Å². The maximum absolute atomic E-state index is 6.34. The number of hydrogen-bond donors (Lipinski definition) is 0. The number of methoxy groups -OCH3 is 1. The first kappa shape index (κ1) is 21.4. The van der Waals surface area contributed by atoms with Crippen molar-refractivity contribution >= 4 is 5.57 Å². The van der Waals surface area contributed by atoms with Crippen molar-refractivity contribution in [3.05, 3.63) is 89.1 Å². The number of allylic oxidation sites excluding steroid dienone is 1. The molecule has 6 rings (SSSR count). The molecule has 1 saturated heterocycles. The third-order valence-electron chi connectivity index (χ3n) is 7.51. The number of aromatic nitrogens is 1. The molecule has 0 aliphatic carbocycles. The Bertz CT molecular complexity index is 1230. The zero-order valence-electron chi connectivity index (χ0n) is 19.6. The molecule has 0 atom stereocenters. The first-order chi connectivity index (χ1) is 16.8. The van der Waals surface area contributed by atoms with Crippen LogP contribution in [0, 0.1) is 0 Å². The normalized spacial score (nSPS) is 19.7. The van der Waals surface area contributed by atoms with Gasteiger partial charge in [0.05, 0.1) is 19.3 Å². The quantitative estimate of drug-likeness (QED) is 0.503. The van der Waals surface area contributed by atoms with Gasteiger partial charge in [-0.05, 0) is 60.2 Å². The van der Waals surface area contributed by atoms with E-state index in [0.29, 0.717) is 5.88 Å². The highest BCUT2D eigenvalue weighted by Crippen LogP contribution is 2.44. The second-order valence-corrected chi connectivity index (χ2v) is 9.37. The number of hydrogen-bond acceptors (Lipinski definition) is 5. The van der Waals surface area contributed by atoms with Crippen LogP contribution in [0.15, 0.2) is 66.9 Å². The average molecular weight is 455 g/mol. The highest BCUT2D eigenvalue weighted by atomic mass is 16.5. The minimum absolute atomic E-state index is 0.0743. The lowest BCUT2D eigenvalue weighted by Crippen LogP contribution is -2.42. The maximum Gasteiger partial charge on any atom is 0.226 e. The number of likely N-dealkylation sites (tertiary alicyclic amines) is 1. The van der Waals surface area contributed by atoms with E-state index in [0.717, 1.165) is 74.6 Å². The molecule has 3 aliphatic rings. The molecule has 0 bridgehead atoms. The van der Waals surface area contributed by atoms with Crippen molar-refractivity contribution in [2.24, 2.45) is 0 Å². The van der Waals surface area contributed by atoms with Gasteiger partial charge >= 0.3 is 0 Å². The molecule has 0 amide bonds. The smallest absolute Gasteiger partial charge is 0.226 e. The summed E-state index contributed by atoms with van der Waals surface area (Å²) in [4.78, 5) is 7.08. The van der Waals surface area contributed by atoms with Crippen LogP contribution in [0.3, 0.4) is 0 Å². The van der Waals surface area contributed by atoms with Gasteiger partial charge in [-0.2, -0.15) is 0 Å². The molecule has 0 unspecified atom stereocenters. The molecule has 5 heteroatoms. The number of ether oxygens (including phenoxy) is 3. The summed E-state index contributed by atoms with van der Waals surface area (Å²) in [6, 6.07) is 18.8. The molecule has 34 heavy (non-hydrogen) atoms. The van der Waals surface area contributed by atoms with Crippen LogP contribution < -0.4 is 9.47 Å².